The van der Waals surface area contributed by atoms with Gasteiger partial charge < -0.3 is 9.32 Å². The van der Waals surface area contributed by atoms with Crippen molar-refractivity contribution in [1.82, 2.24) is 4.90 Å². The molecule has 5 heteroatoms. The van der Waals surface area contributed by atoms with Crippen LogP contribution in [-0.2, 0) is 0 Å². The van der Waals surface area contributed by atoms with Crippen molar-refractivity contribution in [1.29, 1.82) is 0 Å². The molecule has 0 radical (unpaired) electrons. The molecular weight excluding hydrogens is 266 g/mol. The lowest BCUT2D eigenvalue weighted by molar-refractivity contribution is 0.0802. The molecule has 1 rings (SSSR count). The van der Waals surface area contributed by atoms with Crippen molar-refractivity contribution in [3.63, 3.8) is 0 Å². The lowest BCUT2D eigenvalue weighted by Crippen LogP contribution is -2.28. The topological polar surface area (TPSA) is 33.5 Å². The molecule has 0 unspecified atom stereocenters. The van der Waals surface area contributed by atoms with E-state index in [1.54, 1.807) is 29.8 Å². The summed E-state index contributed by atoms with van der Waals surface area (Å²) < 4.78 is 5.50. The Kier molecular flexibility index (Phi) is 4.54. The predicted molar refractivity (Wildman–Crippen MR) is 61.8 cm³/mol. The van der Waals surface area contributed by atoms with E-state index in [1.807, 2.05) is 6.26 Å². The van der Waals surface area contributed by atoms with Gasteiger partial charge in [0.2, 0.25) is 0 Å². The van der Waals surface area contributed by atoms with Crippen LogP contribution in [0.1, 0.15) is 10.4 Å². The minimum Gasteiger partial charge on any atom is -0.457 e. The lowest BCUT2D eigenvalue weighted by Gasteiger charge is -2.15. The Morgan fingerprint density at radius 2 is 2.43 bits per heavy atom. The van der Waals surface area contributed by atoms with Crippen molar-refractivity contribution in [3.8, 4) is 0 Å². The Morgan fingerprint density at radius 1 is 1.71 bits per heavy atom. The van der Waals surface area contributed by atoms with Crippen LogP contribution in [0.3, 0.4) is 0 Å². The molecule has 0 aliphatic rings. The Balaban J connectivity index is 2.61. The molecule has 1 aromatic rings. The molecule has 0 fully saturated rings. The zero-order valence-corrected chi connectivity index (χ0v) is 10.5. The van der Waals surface area contributed by atoms with Gasteiger partial charge in [0.15, 0.2) is 4.67 Å². The molecule has 1 aromatic heterocycles. The number of carbonyl (C=O) groups is 1. The molecule has 3 nitrogen and oxygen atoms in total. The van der Waals surface area contributed by atoms with Crippen molar-refractivity contribution in [2.24, 2.45) is 0 Å². The standard InChI is InChI=1S/C9H12BrNO2S/c1-11(4-6-14-2)9(12)7-3-5-13-8(7)10/h3,5H,4,6H2,1-2H3. The second-order valence-corrected chi connectivity index (χ2v) is 4.53. The van der Waals surface area contributed by atoms with Gasteiger partial charge in [-0.1, -0.05) is 0 Å². The molecule has 1 heterocycles. The van der Waals surface area contributed by atoms with Crippen molar-refractivity contribution in [3.05, 3.63) is 22.6 Å². The Hall–Kier alpha value is -0.420. The summed E-state index contributed by atoms with van der Waals surface area (Å²) in [5, 5.41) is 0. The molecule has 0 aliphatic carbocycles. The number of furan rings is 1. The number of rotatable bonds is 4. The summed E-state index contributed by atoms with van der Waals surface area (Å²) in [4.78, 5) is 13.4. The van der Waals surface area contributed by atoms with E-state index in [1.165, 1.54) is 6.26 Å². The second kappa shape index (κ2) is 5.46. The summed E-state index contributed by atoms with van der Waals surface area (Å²) >= 11 is 4.90. The van der Waals surface area contributed by atoms with Crippen molar-refractivity contribution >= 4 is 33.6 Å². The third kappa shape index (κ3) is 2.78. The average Bonchev–Trinajstić information content (AvgIpc) is 2.59. The summed E-state index contributed by atoms with van der Waals surface area (Å²) in [5.41, 5.74) is 0.577. The summed E-state index contributed by atoms with van der Waals surface area (Å²) in [6.07, 6.45) is 3.52. The van der Waals surface area contributed by atoms with E-state index < -0.39 is 0 Å². The highest BCUT2D eigenvalue weighted by molar-refractivity contribution is 9.10. The number of amides is 1. The smallest absolute Gasteiger partial charge is 0.258 e. The third-order valence-electron chi connectivity index (χ3n) is 1.83. The highest BCUT2D eigenvalue weighted by atomic mass is 79.9. The number of hydrogen-bond acceptors (Lipinski definition) is 3. The van der Waals surface area contributed by atoms with E-state index in [4.69, 9.17) is 4.42 Å². The van der Waals surface area contributed by atoms with Crippen molar-refractivity contribution in [2.75, 3.05) is 25.6 Å². The SMILES string of the molecule is CSCCN(C)C(=O)c1ccoc1Br. The molecule has 0 atom stereocenters. The molecule has 0 bridgehead atoms. The quantitative estimate of drug-likeness (QED) is 0.848. The van der Waals surface area contributed by atoms with Crippen LogP contribution in [0.25, 0.3) is 0 Å². The third-order valence-corrected chi connectivity index (χ3v) is 3.03. The van der Waals surface area contributed by atoms with Gasteiger partial charge in [-0.05, 0) is 28.3 Å². The van der Waals surface area contributed by atoms with Gasteiger partial charge in [0, 0.05) is 19.3 Å². The number of hydrogen-bond donors (Lipinski definition) is 0. The average molecular weight is 278 g/mol. The van der Waals surface area contributed by atoms with E-state index in [9.17, 15) is 4.79 Å². The maximum Gasteiger partial charge on any atom is 0.258 e. The van der Waals surface area contributed by atoms with Gasteiger partial charge in [-0.3, -0.25) is 4.79 Å². The first-order chi connectivity index (χ1) is 6.66. The van der Waals surface area contributed by atoms with Gasteiger partial charge in [0.25, 0.3) is 5.91 Å². The van der Waals surface area contributed by atoms with Gasteiger partial charge in [0.1, 0.15) is 0 Å². The predicted octanol–water partition coefficient (Wildman–Crippen LogP) is 2.48. The van der Waals surface area contributed by atoms with Crippen LogP contribution in [0, 0.1) is 0 Å². The zero-order valence-electron chi connectivity index (χ0n) is 8.12. The normalized spacial score (nSPS) is 10.2. The minimum atomic E-state index is -0.0142. The highest BCUT2D eigenvalue weighted by Crippen LogP contribution is 2.18. The van der Waals surface area contributed by atoms with Gasteiger partial charge in [-0.25, -0.2) is 0 Å². The largest absolute Gasteiger partial charge is 0.457 e. The summed E-state index contributed by atoms with van der Waals surface area (Å²) in [6, 6.07) is 1.67. The summed E-state index contributed by atoms with van der Waals surface area (Å²) in [5.74, 6) is 0.928. The van der Waals surface area contributed by atoms with Gasteiger partial charge in [-0.2, -0.15) is 11.8 Å². The molecule has 14 heavy (non-hydrogen) atoms. The van der Waals surface area contributed by atoms with E-state index in [2.05, 4.69) is 15.9 Å². The monoisotopic (exact) mass is 277 g/mol. The van der Waals surface area contributed by atoms with Gasteiger partial charge in [0.05, 0.1) is 11.8 Å². The van der Waals surface area contributed by atoms with Crippen LogP contribution in [-0.4, -0.2) is 36.4 Å². The van der Waals surface area contributed by atoms with E-state index >= 15 is 0 Å². The maximum atomic E-state index is 11.8. The fourth-order valence-corrected chi connectivity index (χ4v) is 1.85. The number of thioether (sulfide) groups is 1. The fraction of sp³-hybridized carbons (Fsp3) is 0.444. The number of halogens is 1. The van der Waals surface area contributed by atoms with Gasteiger partial charge in [-0.15, -0.1) is 0 Å². The van der Waals surface area contributed by atoms with E-state index in [0.29, 0.717) is 10.2 Å². The van der Waals surface area contributed by atoms with Gasteiger partial charge >= 0.3 is 0 Å². The zero-order chi connectivity index (χ0) is 10.6. The lowest BCUT2D eigenvalue weighted by atomic mass is 10.3. The molecule has 0 aliphatic heterocycles. The summed E-state index contributed by atoms with van der Waals surface area (Å²) in [7, 11) is 1.79. The molecular formula is C9H12BrNO2S. The highest BCUT2D eigenvalue weighted by Gasteiger charge is 2.16. The van der Waals surface area contributed by atoms with E-state index in [-0.39, 0.29) is 5.91 Å². The minimum absolute atomic E-state index is 0.0142. The van der Waals surface area contributed by atoms with Crippen LogP contribution >= 0.6 is 27.7 Å². The Bertz CT molecular complexity index is 314. The first-order valence-corrected chi connectivity index (χ1v) is 6.33. The second-order valence-electron chi connectivity index (χ2n) is 2.83. The first-order valence-electron chi connectivity index (χ1n) is 4.14. The molecule has 1 amide bonds. The first kappa shape index (κ1) is 11.7. The Labute approximate surface area is 96.0 Å². The van der Waals surface area contributed by atoms with Crippen LogP contribution in [0.2, 0.25) is 0 Å². The molecule has 78 valence electrons. The summed E-state index contributed by atoms with van der Waals surface area (Å²) in [6.45, 7) is 0.748. The maximum absolute atomic E-state index is 11.8. The van der Waals surface area contributed by atoms with Crippen molar-refractivity contribution in [2.45, 2.75) is 0 Å². The molecule has 0 N–H and O–H groups in total. The van der Waals surface area contributed by atoms with Crippen LogP contribution in [0.15, 0.2) is 21.4 Å². The van der Waals surface area contributed by atoms with Crippen molar-refractivity contribution < 1.29 is 9.21 Å². The van der Waals surface area contributed by atoms with E-state index in [0.717, 1.165) is 12.3 Å². The number of carbonyl (C=O) groups excluding carboxylic acids is 1. The van der Waals surface area contributed by atoms with Crippen LogP contribution in [0.5, 0.6) is 0 Å². The Morgan fingerprint density at radius 3 is 2.93 bits per heavy atom. The number of nitrogens with zero attached hydrogens (tertiary/aromatic N) is 1. The molecule has 0 saturated heterocycles. The van der Waals surface area contributed by atoms with Crippen LogP contribution in [0.4, 0.5) is 0 Å². The molecule has 0 saturated carbocycles. The molecule has 0 spiro atoms. The van der Waals surface area contributed by atoms with Crippen LogP contribution < -0.4 is 0 Å². The fourth-order valence-electron chi connectivity index (χ4n) is 0.982. The molecule has 0 aromatic carbocycles.